The van der Waals surface area contributed by atoms with Crippen LogP contribution >= 0.6 is 27.5 Å². The van der Waals surface area contributed by atoms with Crippen molar-refractivity contribution < 1.29 is 9.47 Å². The monoisotopic (exact) mass is 317 g/mol. The van der Waals surface area contributed by atoms with Gasteiger partial charge in [-0.1, -0.05) is 11.6 Å². The second-order valence-corrected chi connectivity index (χ2v) is 5.02. The second kappa shape index (κ2) is 4.44. The quantitative estimate of drug-likeness (QED) is 0.852. The van der Waals surface area contributed by atoms with Gasteiger partial charge in [0.05, 0.1) is 30.1 Å². The lowest BCUT2D eigenvalue weighted by Crippen LogP contribution is -2.17. The molecule has 1 aliphatic rings. The number of nitrogens with zero attached hydrogens (tertiary/aromatic N) is 3. The Morgan fingerprint density at radius 3 is 3.24 bits per heavy atom. The Morgan fingerprint density at radius 2 is 2.47 bits per heavy atom. The zero-order valence-electron chi connectivity index (χ0n) is 8.77. The van der Waals surface area contributed by atoms with E-state index >= 15 is 0 Å². The molecule has 0 aromatic carbocycles. The number of aromatic nitrogens is 3. The third-order valence-corrected chi connectivity index (χ3v) is 3.36. The standard InChI is InChI=1S/C10H9BrClN3O2/c11-7-3-13-15-4-8(12)10(14-9(7)15)17-6-1-2-16-5-6/h3-4,6H,1-2,5H2/t6-/m0/s1. The SMILES string of the molecule is Clc1cn2ncc(Br)c2nc1O[C@H]1CCOC1. The van der Waals surface area contributed by atoms with E-state index in [0.29, 0.717) is 23.2 Å². The van der Waals surface area contributed by atoms with Crippen LogP contribution in [0.1, 0.15) is 6.42 Å². The zero-order valence-corrected chi connectivity index (χ0v) is 11.1. The maximum Gasteiger partial charge on any atom is 0.236 e. The summed E-state index contributed by atoms with van der Waals surface area (Å²) in [7, 11) is 0. The Balaban J connectivity index is 1.96. The minimum absolute atomic E-state index is 0.0316. The molecule has 17 heavy (non-hydrogen) atoms. The van der Waals surface area contributed by atoms with Gasteiger partial charge in [0, 0.05) is 6.42 Å². The normalized spacial score (nSPS) is 20.0. The summed E-state index contributed by atoms with van der Waals surface area (Å²) in [6, 6.07) is 0. The largest absolute Gasteiger partial charge is 0.471 e. The molecule has 0 radical (unpaired) electrons. The van der Waals surface area contributed by atoms with Crippen LogP contribution in [0.15, 0.2) is 16.9 Å². The van der Waals surface area contributed by atoms with Crippen molar-refractivity contribution in [2.45, 2.75) is 12.5 Å². The van der Waals surface area contributed by atoms with Crippen molar-refractivity contribution in [1.82, 2.24) is 14.6 Å². The summed E-state index contributed by atoms with van der Waals surface area (Å²) in [5.41, 5.74) is 0.684. The molecule has 5 nitrogen and oxygen atoms in total. The van der Waals surface area contributed by atoms with Gasteiger partial charge in [-0.2, -0.15) is 10.1 Å². The summed E-state index contributed by atoms with van der Waals surface area (Å²) in [6.07, 6.45) is 4.24. The molecule has 0 unspecified atom stereocenters. The first-order chi connectivity index (χ1) is 8.24. The highest BCUT2D eigenvalue weighted by atomic mass is 79.9. The summed E-state index contributed by atoms with van der Waals surface area (Å²) in [6.45, 7) is 1.31. The molecule has 1 atom stereocenters. The Bertz CT molecular complexity index is 554. The first-order valence-corrected chi connectivity index (χ1v) is 6.35. The molecule has 0 N–H and O–H groups in total. The zero-order chi connectivity index (χ0) is 11.8. The van der Waals surface area contributed by atoms with E-state index in [1.54, 1.807) is 16.9 Å². The molecule has 0 amide bonds. The van der Waals surface area contributed by atoms with Gasteiger partial charge in [0.25, 0.3) is 0 Å². The maximum absolute atomic E-state index is 6.09. The summed E-state index contributed by atoms with van der Waals surface area (Å²) < 4.78 is 13.4. The number of fused-ring (bicyclic) bond motifs is 1. The van der Waals surface area contributed by atoms with Crippen molar-refractivity contribution in [2.24, 2.45) is 0 Å². The number of ether oxygens (including phenoxy) is 2. The van der Waals surface area contributed by atoms with E-state index in [0.717, 1.165) is 17.5 Å². The van der Waals surface area contributed by atoms with Gasteiger partial charge in [-0.15, -0.1) is 0 Å². The van der Waals surface area contributed by atoms with Crippen molar-refractivity contribution >= 4 is 33.2 Å². The van der Waals surface area contributed by atoms with Gasteiger partial charge in [-0.05, 0) is 15.9 Å². The smallest absolute Gasteiger partial charge is 0.236 e. The van der Waals surface area contributed by atoms with Crippen molar-refractivity contribution in [2.75, 3.05) is 13.2 Å². The summed E-state index contributed by atoms with van der Waals surface area (Å²) in [5, 5.41) is 4.54. The van der Waals surface area contributed by atoms with Crippen LogP contribution in [0.4, 0.5) is 0 Å². The molecular weight excluding hydrogens is 309 g/mol. The van der Waals surface area contributed by atoms with Crippen LogP contribution in [0.3, 0.4) is 0 Å². The third-order valence-electron chi connectivity index (χ3n) is 2.54. The lowest BCUT2D eigenvalue weighted by Gasteiger charge is -2.12. The molecule has 1 aliphatic heterocycles. The summed E-state index contributed by atoms with van der Waals surface area (Å²) in [5.74, 6) is 0.427. The average molecular weight is 319 g/mol. The highest BCUT2D eigenvalue weighted by molar-refractivity contribution is 9.10. The fourth-order valence-corrected chi connectivity index (χ4v) is 2.23. The summed E-state index contributed by atoms with van der Waals surface area (Å²) >= 11 is 9.46. The maximum atomic E-state index is 6.09. The van der Waals surface area contributed by atoms with Crippen molar-refractivity contribution in [3.8, 4) is 5.88 Å². The Kier molecular flexibility index (Phi) is 2.94. The number of hydrogen-bond donors (Lipinski definition) is 0. The molecule has 0 spiro atoms. The highest BCUT2D eigenvalue weighted by Crippen LogP contribution is 2.27. The van der Waals surface area contributed by atoms with Crippen LogP contribution in [-0.2, 0) is 4.74 Å². The molecule has 1 fully saturated rings. The van der Waals surface area contributed by atoms with Gasteiger partial charge in [0.2, 0.25) is 5.88 Å². The van der Waals surface area contributed by atoms with E-state index < -0.39 is 0 Å². The minimum Gasteiger partial charge on any atom is -0.471 e. The first-order valence-electron chi connectivity index (χ1n) is 5.18. The topological polar surface area (TPSA) is 48.7 Å². The number of rotatable bonds is 2. The molecule has 2 aromatic heterocycles. The third kappa shape index (κ3) is 2.12. The van der Waals surface area contributed by atoms with Crippen molar-refractivity contribution in [1.29, 1.82) is 0 Å². The molecule has 2 aromatic rings. The minimum atomic E-state index is 0.0316. The predicted octanol–water partition coefficient (Wildman–Crippen LogP) is 2.31. The molecule has 3 rings (SSSR count). The number of halogens is 2. The van der Waals surface area contributed by atoms with Gasteiger partial charge in [0.1, 0.15) is 11.1 Å². The van der Waals surface area contributed by atoms with E-state index in [-0.39, 0.29) is 6.10 Å². The van der Waals surface area contributed by atoms with Crippen LogP contribution in [0.25, 0.3) is 5.65 Å². The van der Waals surface area contributed by atoms with Crippen LogP contribution in [0.5, 0.6) is 5.88 Å². The fraction of sp³-hybridized carbons (Fsp3) is 0.400. The van der Waals surface area contributed by atoms with Crippen LogP contribution in [0, 0.1) is 0 Å². The van der Waals surface area contributed by atoms with E-state index in [1.165, 1.54) is 0 Å². The molecule has 0 saturated carbocycles. The Morgan fingerprint density at radius 1 is 1.59 bits per heavy atom. The predicted molar refractivity (Wildman–Crippen MR) is 65.5 cm³/mol. The van der Waals surface area contributed by atoms with Gasteiger partial charge < -0.3 is 9.47 Å². The fourth-order valence-electron chi connectivity index (χ4n) is 1.69. The van der Waals surface area contributed by atoms with Crippen LogP contribution in [-0.4, -0.2) is 33.9 Å². The molecule has 0 bridgehead atoms. The first kappa shape index (κ1) is 11.3. The van der Waals surface area contributed by atoms with Gasteiger partial charge >= 0.3 is 0 Å². The van der Waals surface area contributed by atoms with Crippen molar-refractivity contribution in [3.63, 3.8) is 0 Å². The molecule has 0 aliphatic carbocycles. The summed E-state index contributed by atoms with van der Waals surface area (Å²) in [4.78, 5) is 4.34. The van der Waals surface area contributed by atoms with Gasteiger partial charge in [-0.3, -0.25) is 0 Å². The molecule has 1 saturated heterocycles. The Hall–Kier alpha value is -0.850. The average Bonchev–Trinajstić information content (AvgIpc) is 2.92. The molecule has 3 heterocycles. The van der Waals surface area contributed by atoms with Crippen LogP contribution < -0.4 is 4.74 Å². The molecule has 7 heteroatoms. The van der Waals surface area contributed by atoms with E-state index in [9.17, 15) is 0 Å². The van der Waals surface area contributed by atoms with E-state index in [4.69, 9.17) is 21.1 Å². The van der Waals surface area contributed by atoms with Crippen LogP contribution in [0.2, 0.25) is 5.02 Å². The van der Waals surface area contributed by atoms with Gasteiger partial charge in [-0.25, -0.2) is 4.52 Å². The lowest BCUT2D eigenvalue weighted by atomic mass is 10.3. The Labute approximate surface area is 111 Å². The second-order valence-electron chi connectivity index (χ2n) is 3.76. The molecule has 90 valence electrons. The highest BCUT2D eigenvalue weighted by Gasteiger charge is 2.20. The number of hydrogen-bond acceptors (Lipinski definition) is 4. The lowest BCUT2D eigenvalue weighted by molar-refractivity contribution is 0.138. The molecular formula is C10H9BrClN3O2. The van der Waals surface area contributed by atoms with Gasteiger partial charge in [0.15, 0.2) is 5.65 Å². The van der Waals surface area contributed by atoms with E-state index in [1.807, 2.05) is 0 Å². The van der Waals surface area contributed by atoms with Crippen molar-refractivity contribution in [3.05, 3.63) is 21.9 Å². The van der Waals surface area contributed by atoms with E-state index in [2.05, 4.69) is 26.0 Å².